The standard InChI is InChI=1S/C14H17Br/c15-10-14(7-2-8-14)13-6-5-11-3-1-4-12(11)9-13/h5-6,9H,1-4,7-8,10H2. The van der Waals surface area contributed by atoms with Crippen molar-refractivity contribution in [3.05, 3.63) is 34.9 Å². The molecule has 0 radical (unpaired) electrons. The molecule has 0 aliphatic heterocycles. The van der Waals surface area contributed by atoms with Crippen molar-refractivity contribution in [1.82, 2.24) is 0 Å². The van der Waals surface area contributed by atoms with Gasteiger partial charge in [0.1, 0.15) is 0 Å². The summed E-state index contributed by atoms with van der Waals surface area (Å²) < 4.78 is 0. The molecule has 0 nitrogen and oxygen atoms in total. The Hall–Kier alpha value is -0.300. The van der Waals surface area contributed by atoms with Crippen LogP contribution >= 0.6 is 15.9 Å². The van der Waals surface area contributed by atoms with Gasteiger partial charge in [-0.3, -0.25) is 0 Å². The molecule has 80 valence electrons. The Balaban J connectivity index is 1.98. The molecule has 0 atom stereocenters. The van der Waals surface area contributed by atoms with Crippen LogP contribution in [0.2, 0.25) is 0 Å². The first-order valence-corrected chi connectivity index (χ1v) is 7.14. The topological polar surface area (TPSA) is 0 Å². The molecule has 0 heterocycles. The average Bonchev–Trinajstić information content (AvgIpc) is 2.64. The lowest BCUT2D eigenvalue weighted by Crippen LogP contribution is -2.35. The van der Waals surface area contributed by atoms with Gasteiger partial charge < -0.3 is 0 Å². The van der Waals surface area contributed by atoms with Crippen LogP contribution in [0, 0.1) is 0 Å². The molecule has 2 aliphatic carbocycles. The van der Waals surface area contributed by atoms with Crippen molar-refractivity contribution in [2.24, 2.45) is 0 Å². The number of benzene rings is 1. The predicted molar refractivity (Wildman–Crippen MR) is 67.8 cm³/mol. The van der Waals surface area contributed by atoms with Crippen LogP contribution in [0.4, 0.5) is 0 Å². The lowest BCUT2D eigenvalue weighted by Gasteiger charge is -2.41. The van der Waals surface area contributed by atoms with E-state index in [1.807, 2.05) is 0 Å². The molecule has 0 saturated heterocycles. The summed E-state index contributed by atoms with van der Waals surface area (Å²) >= 11 is 3.70. The van der Waals surface area contributed by atoms with E-state index in [1.165, 1.54) is 38.5 Å². The minimum atomic E-state index is 0.484. The second-order valence-corrected chi connectivity index (χ2v) is 5.67. The smallest absolute Gasteiger partial charge is 0.0129 e. The molecule has 3 rings (SSSR count). The largest absolute Gasteiger partial charge is 0.0918 e. The van der Waals surface area contributed by atoms with Gasteiger partial charge in [-0.2, -0.15) is 0 Å². The van der Waals surface area contributed by atoms with Gasteiger partial charge in [0.15, 0.2) is 0 Å². The second kappa shape index (κ2) is 3.62. The average molecular weight is 265 g/mol. The van der Waals surface area contributed by atoms with Gasteiger partial charge in [-0.05, 0) is 48.8 Å². The molecule has 0 bridgehead atoms. The zero-order chi connectivity index (χ0) is 10.3. The minimum Gasteiger partial charge on any atom is -0.0918 e. The van der Waals surface area contributed by atoms with Gasteiger partial charge in [0.05, 0.1) is 0 Å². The number of hydrogen-bond donors (Lipinski definition) is 0. The van der Waals surface area contributed by atoms with E-state index in [4.69, 9.17) is 0 Å². The summed E-state index contributed by atoms with van der Waals surface area (Å²) in [5.41, 5.74) is 5.30. The van der Waals surface area contributed by atoms with E-state index in [1.54, 1.807) is 16.7 Å². The molecule has 0 unspecified atom stereocenters. The Morgan fingerprint density at radius 3 is 2.53 bits per heavy atom. The van der Waals surface area contributed by atoms with E-state index < -0.39 is 0 Å². The number of halogens is 1. The van der Waals surface area contributed by atoms with E-state index in [-0.39, 0.29) is 0 Å². The van der Waals surface area contributed by atoms with Gasteiger partial charge in [0.2, 0.25) is 0 Å². The molecular weight excluding hydrogens is 248 g/mol. The predicted octanol–water partition coefficient (Wildman–Crippen LogP) is 3.99. The Bertz CT molecular complexity index is 371. The molecule has 15 heavy (non-hydrogen) atoms. The summed E-state index contributed by atoms with van der Waals surface area (Å²) in [5, 5.41) is 1.14. The molecule has 0 spiro atoms. The molecule has 0 N–H and O–H groups in total. The first kappa shape index (κ1) is 9.89. The third-order valence-corrected chi connectivity index (χ3v) is 5.35. The Morgan fingerprint density at radius 2 is 1.87 bits per heavy atom. The van der Waals surface area contributed by atoms with Crippen molar-refractivity contribution in [1.29, 1.82) is 0 Å². The molecule has 1 saturated carbocycles. The summed E-state index contributed by atoms with van der Waals surface area (Å²) in [6.07, 6.45) is 8.12. The quantitative estimate of drug-likeness (QED) is 0.709. The number of hydrogen-bond acceptors (Lipinski definition) is 0. The third kappa shape index (κ3) is 1.47. The van der Waals surface area contributed by atoms with Gasteiger partial charge in [-0.25, -0.2) is 0 Å². The lowest BCUT2D eigenvalue weighted by atomic mass is 9.66. The Morgan fingerprint density at radius 1 is 1.07 bits per heavy atom. The summed E-state index contributed by atoms with van der Waals surface area (Å²) in [5.74, 6) is 0. The van der Waals surface area contributed by atoms with Crippen LogP contribution in [0.1, 0.15) is 42.4 Å². The molecule has 0 amide bonds. The zero-order valence-electron chi connectivity index (χ0n) is 9.06. The highest BCUT2D eigenvalue weighted by molar-refractivity contribution is 9.09. The normalized spacial score (nSPS) is 22.2. The fourth-order valence-electron chi connectivity index (χ4n) is 3.00. The molecule has 1 fully saturated rings. The van der Waals surface area contributed by atoms with Crippen LogP contribution in [0.15, 0.2) is 18.2 Å². The van der Waals surface area contributed by atoms with Crippen molar-refractivity contribution < 1.29 is 0 Å². The van der Waals surface area contributed by atoms with Crippen LogP contribution in [0.3, 0.4) is 0 Å². The second-order valence-electron chi connectivity index (χ2n) is 5.10. The SMILES string of the molecule is BrCC1(c2ccc3c(c2)CCC3)CCC1. The van der Waals surface area contributed by atoms with Gasteiger partial charge in [0, 0.05) is 10.7 Å². The van der Waals surface area contributed by atoms with Crippen LogP contribution in [0.5, 0.6) is 0 Å². The van der Waals surface area contributed by atoms with Gasteiger partial charge in [-0.15, -0.1) is 0 Å². The monoisotopic (exact) mass is 264 g/mol. The fourth-order valence-corrected chi connectivity index (χ4v) is 3.89. The Labute approximate surface area is 100 Å². The van der Waals surface area contributed by atoms with Crippen molar-refractivity contribution in [2.45, 2.75) is 43.9 Å². The van der Waals surface area contributed by atoms with E-state index in [0.29, 0.717) is 5.41 Å². The number of rotatable bonds is 2. The highest BCUT2D eigenvalue weighted by atomic mass is 79.9. The van der Waals surface area contributed by atoms with E-state index in [9.17, 15) is 0 Å². The fraction of sp³-hybridized carbons (Fsp3) is 0.571. The molecule has 2 aliphatic rings. The number of aryl methyl sites for hydroxylation is 2. The zero-order valence-corrected chi connectivity index (χ0v) is 10.6. The van der Waals surface area contributed by atoms with Gasteiger partial charge in [0.25, 0.3) is 0 Å². The van der Waals surface area contributed by atoms with Crippen LogP contribution in [-0.2, 0) is 18.3 Å². The van der Waals surface area contributed by atoms with Crippen molar-refractivity contribution in [3.8, 4) is 0 Å². The van der Waals surface area contributed by atoms with Crippen LogP contribution in [0.25, 0.3) is 0 Å². The van der Waals surface area contributed by atoms with Crippen molar-refractivity contribution in [2.75, 3.05) is 5.33 Å². The summed E-state index contributed by atoms with van der Waals surface area (Å²) in [6, 6.07) is 7.24. The summed E-state index contributed by atoms with van der Waals surface area (Å²) in [6.45, 7) is 0. The highest BCUT2D eigenvalue weighted by Gasteiger charge is 2.37. The van der Waals surface area contributed by atoms with Crippen molar-refractivity contribution >= 4 is 15.9 Å². The number of alkyl halides is 1. The van der Waals surface area contributed by atoms with E-state index >= 15 is 0 Å². The number of fused-ring (bicyclic) bond motifs is 1. The molecule has 1 heteroatoms. The minimum absolute atomic E-state index is 0.484. The Kier molecular flexibility index (Phi) is 2.39. The first-order valence-electron chi connectivity index (χ1n) is 6.02. The van der Waals surface area contributed by atoms with E-state index in [2.05, 4.69) is 34.1 Å². The molecule has 1 aromatic carbocycles. The maximum atomic E-state index is 3.70. The summed E-state index contributed by atoms with van der Waals surface area (Å²) in [7, 11) is 0. The molecule has 0 aromatic heterocycles. The van der Waals surface area contributed by atoms with Crippen molar-refractivity contribution in [3.63, 3.8) is 0 Å². The first-order chi connectivity index (χ1) is 7.34. The van der Waals surface area contributed by atoms with Crippen LogP contribution < -0.4 is 0 Å². The maximum Gasteiger partial charge on any atom is 0.0129 e. The van der Waals surface area contributed by atoms with E-state index in [0.717, 1.165) is 5.33 Å². The molecular formula is C14H17Br. The summed E-state index contributed by atoms with van der Waals surface area (Å²) in [4.78, 5) is 0. The maximum absolute atomic E-state index is 3.70. The van der Waals surface area contributed by atoms with Crippen LogP contribution in [-0.4, -0.2) is 5.33 Å². The van der Waals surface area contributed by atoms with Gasteiger partial charge in [-0.1, -0.05) is 40.5 Å². The lowest BCUT2D eigenvalue weighted by molar-refractivity contribution is 0.280. The third-order valence-electron chi connectivity index (χ3n) is 4.28. The highest BCUT2D eigenvalue weighted by Crippen LogP contribution is 2.45. The molecule has 1 aromatic rings. The van der Waals surface area contributed by atoms with Gasteiger partial charge >= 0.3 is 0 Å².